The summed E-state index contributed by atoms with van der Waals surface area (Å²) < 4.78 is 1.52. The first-order valence-electron chi connectivity index (χ1n) is 7.82. The van der Waals surface area contributed by atoms with Crippen molar-refractivity contribution in [1.29, 1.82) is 0 Å². The molecular weight excluding hydrogens is 328 g/mol. The Bertz CT molecular complexity index is 733. The number of piperazine rings is 1. The van der Waals surface area contributed by atoms with E-state index in [1.54, 1.807) is 18.1 Å². The van der Waals surface area contributed by atoms with E-state index < -0.39 is 11.7 Å². The Hall–Kier alpha value is -2.18. The molecule has 1 aromatic heterocycles. The van der Waals surface area contributed by atoms with E-state index in [1.165, 1.54) is 16.4 Å². The number of benzene rings is 1. The number of rotatable bonds is 4. The van der Waals surface area contributed by atoms with Crippen LogP contribution in [0.4, 0.5) is 0 Å². The molecule has 2 heterocycles. The van der Waals surface area contributed by atoms with Crippen LogP contribution in [0.15, 0.2) is 36.7 Å². The average molecular weight is 347 g/mol. The normalized spacial score (nSPS) is 15.5. The third-order valence-corrected chi connectivity index (χ3v) is 4.39. The molecule has 0 bridgehead atoms. The van der Waals surface area contributed by atoms with Crippen molar-refractivity contribution >= 4 is 23.3 Å². The van der Waals surface area contributed by atoms with Crippen LogP contribution < -0.4 is 0 Å². The fraction of sp³-hybridized carbons (Fsp3) is 0.353. The van der Waals surface area contributed by atoms with Gasteiger partial charge >= 0.3 is 0 Å². The van der Waals surface area contributed by atoms with Gasteiger partial charge in [0.15, 0.2) is 0 Å². The quantitative estimate of drug-likeness (QED) is 0.623. The Morgan fingerprint density at radius 3 is 2.38 bits per heavy atom. The van der Waals surface area contributed by atoms with Crippen LogP contribution in [-0.4, -0.2) is 57.4 Å². The summed E-state index contributed by atoms with van der Waals surface area (Å²) in [7, 11) is 1.72. The van der Waals surface area contributed by atoms with E-state index in [0.29, 0.717) is 18.7 Å². The topological polar surface area (TPSA) is 58.4 Å². The fourth-order valence-electron chi connectivity index (χ4n) is 2.76. The predicted octanol–water partition coefficient (Wildman–Crippen LogP) is 1.60. The molecule has 126 valence electrons. The monoisotopic (exact) mass is 346 g/mol. The molecule has 0 spiro atoms. The molecule has 1 aliphatic heterocycles. The second-order valence-electron chi connectivity index (χ2n) is 5.93. The van der Waals surface area contributed by atoms with E-state index >= 15 is 0 Å². The molecule has 1 saturated heterocycles. The van der Waals surface area contributed by atoms with Gasteiger partial charge in [-0.15, -0.1) is 0 Å². The lowest BCUT2D eigenvalue weighted by molar-refractivity contribution is -0.128. The molecule has 0 atom stereocenters. The van der Waals surface area contributed by atoms with Crippen molar-refractivity contribution in [3.05, 3.63) is 52.8 Å². The van der Waals surface area contributed by atoms with E-state index in [9.17, 15) is 9.59 Å². The van der Waals surface area contributed by atoms with Gasteiger partial charge in [-0.1, -0.05) is 23.7 Å². The van der Waals surface area contributed by atoms with Crippen molar-refractivity contribution in [2.75, 3.05) is 26.2 Å². The van der Waals surface area contributed by atoms with Crippen LogP contribution in [0.5, 0.6) is 0 Å². The average Bonchev–Trinajstić information content (AvgIpc) is 3.03. The van der Waals surface area contributed by atoms with Gasteiger partial charge in [0.2, 0.25) is 0 Å². The van der Waals surface area contributed by atoms with Gasteiger partial charge in [0.25, 0.3) is 11.7 Å². The maximum Gasteiger partial charge on any atom is 0.295 e. The molecule has 2 aromatic rings. The number of amides is 1. The van der Waals surface area contributed by atoms with E-state index in [1.807, 2.05) is 24.3 Å². The maximum absolute atomic E-state index is 12.3. The van der Waals surface area contributed by atoms with Gasteiger partial charge in [-0.05, 0) is 17.7 Å². The Morgan fingerprint density at radius 1 is 1.12 bits per heavy atom. The van der Waals surface area contributed by atoms with Crippen LogP contribution in [0.25, 0.3) is 0 Å². The summed E-state index contributed by atoms with van der Waals surface area (Å²) in [6.45, 7) is 3.41. The smallest absolute Gasteiger partial charge is 0.295 e. The lowest BCUT2D eigenvalue weighted by Gasteiger charge is -2.34. The molecule has 0 aliphatic carbocycles. The summed E-state index contributed by atoms with van der Waals surface area (Å²) in [4.78, 5) is 28.4. The molecular formula is C17H19ClN4O2. The summed E-state index contributed by atoms with van der Waals surface area (Å²) in [5.74, 6) is -0.941. The molecule has 0 N–H and O–H groups in total. The Kier molecular flexibility index (Phi) is 4.97. The molecule has 0 unspecified atom stereocenters. The SMILES string of the molecule is Cn1cc(C(=O)C(=O)N2CCN(Cc3ccc(Cl)cc3)CC2)cn1. The van der Waals surface area contributed by atoms with E-state index in [0.717, 1.165) is 24.7 Å². The van der Waals surface area contributed by atoms with E-state index in [-0.39, 0.29) is 0 Å². The summed E-state index contributed by atoms with van der Waals surface area (Å²) in [5.41, 5.74) is 1.52. The zero-order chi connectivity index (χ0) is 17.1. The Labute approximate surface area is 145 Å². The minimum Gasteiger partial charge on any atom is -0.333 e. The number of aromatic nitrogens is 2. The van der Waals surface area contributed by atoms with Crippen LogP contribution in [-0.2, 0) is 18.4 Å². The van der Waals surface area contributed by atoms with Crippen LogP contribution in [0.3, 0.4) is 0 Å². The lowest BCUT2D eigenvalue weighted by atomic mass is 10.1. The standard InChI is InChI=1S/C17H19ClN4O2/c1-20-12-14(10-19-20)16(23)17(24)22-8-6-21(7-9-22)11-13-2-4-15(18)5-3-13/h2-5,10,12H,6-9,11H2,1H3. The highest BCUT2D eigenvalue weighted by atomic mass is 35.5. The molecule has 1 aromatic carbocycles. The summed E-state index contributed by atoms with van der Waals surface area (Å²) >= 11 is 5.89. The predicted molar refractivity (Wildman–Crippen MR) is 90.8 cm³/mol. The minimum absolute atomic E-state index is 0.339. The van der Waals surface area contributed by atoms with Crippen molar-refractivity contribution in [3.63, 3.8) is 0 Å². The largest absolute Gasteiger partial charge is 0.333 e. The van der Waals surface area contributed by atoms with Crippen LogP contribution in [0.2, 0.25) is 5.02 Å². The summed E-state index contributed by atoms with van der Waals surface area (Å²) in [6, 6.07) is 7.77. The molecule has 24 heavy (non-hydrogen) atoms. The number of aryl methyl sites for hydroxylation is 1. The molecule has 1 fully saturated rings. The highest BCUT2D eigenvalue weighted by Gasteiger charge is 2.27. The van der Waals surface area contributed by atoms with Crippen molar-refractivity contribution in [3.8, 4) is 0 Å². The van der Waals surface area contributed by atoms with Gasteiger partial charge in [0.05, 0.1) is 11.8 Å². The Morgan fingerprint density at radius 2 is 1.79 bits per heavy atom. The number of carbonyl (C=O) groups excluding carboxylic acids is 2. The van der Waals surface area contributed by atoms with Crippen molar-refractivity contribution in [2.24, 2.45) is 7.05 Å². The zero-order valence-electron chi connectivity index (χ0n) is 13.5. The molecule has 6 nitrogen and oxygen atoms in total. The number of ketones is 1. The Balaban J connectivity index is 1.53. The molecule has 7 heteroatoms. The molecule has 1 amide bonds. The minimum atomic E-state index is -0.491. The number of hydrogen-bond acceptors (Lipinski definition) is 4. The van der Waals surface area contributed by atoms with E-state index in [2.05, 4.69) is 10.00 Å². The zero-order valence-corrected chi connectivity index (χ0v) is 14.2. The van der Waals surface area contributed by atoms with Crippen molar-refractivity contribution in [1.82, 2.24) is 19.6 Å². The van der Waals surface area contributed by atoms with Gasteiger partial charge in [-0.25, -0.2) is 0 Å². The fourth-order valence-corrected chi connectivity index (χ4v) is 2.89. The van der Waals surface area contributed by atoms with E-state index in [4.69, 9.17) is 11.6 Å². The third kappa shape index (κ3) is 3.83. The maximum atomic E-state index is 12.3. The molecule has 3 rings (SSSR count). The number of halogens is 1. The van der Waals surface area contributed by atoms with Crippen LogP contribution in [0.1, 0.15) is 15.9 Å². The second-order valence-corrected chi connectivity index (χ2v) is 6.36. The molecule has 1 aliphatic rings. The highest BCUT2D eigenvalue weighted by Crippen LogP contribution is 2.13. The first kappa shape index (κ1) is 16.7. The third-order valence-electron chi connectivity index (χ3n) is 4.14. The van der Waals surface area contributed by atoms with Crippen LogP contribution >= 0.6 is 11.6 Å². The molecule has 0 radical (unpaired) electrons. The number of carbonyl (C=O) groups is 2. The number of hydrogen-bond donors (Lipinski definition) is 0. The van der Waals surface area contributed by atoms with Crippen LogP contribution in [0, 0.1) is 0 Å². The first-order valence-corrected chi connectivity index (χ1v) is 8.20. The summed E-state index contributed by atoms with van der Waals surface area (Å²) in [6.07, 6.45) is 2.99. The summed E-state index contributed by atoms with van der Waals surface area (Å²) in [5, 5.41) is 4.66. The van der Waals surface area contributed by atoms with Gasteiger partial charge in [-0.2, -0.15) is 5.10 Å². The number of nitrogens with zero attached hydrogens (tertiary/aromatic N) is 4. The van der Waals surface area contributed by atoms with Crippen molar-refractivity contribution < 1.29 is 9.59 Å². The molecule has 0 saturated carbocycles. The van der Waals surface area contributed by atoms with Gasteiger partial charge in [-0.3, -0.25) is 19.2 Å². The first-order chi connectivity index (χ1) is 11.5. The van der Waals surface area contributed by atoms with Gasteiger partial charge < -0.3 is 4.90 Å². The lowest BCUT2D eigenvalue weighted by Crippen LogP contribution is -2.50. The van der Waals surface area contributed by atoms with Gasteiger partial charge in [0.1, 0.15) is 0 Å². The van der Waals surface area contributed by atoms with Gasteiger partial charge in [0, 0.05) is 51.0 Å². The second kappa shape index (κ2) is 7.15. The number of Topliss-reactive ketones (excluding diaryl/α,β-unsaturated/α-hetero) is 1. The highest BCUT2D eigenvalue weighted by molar-refractivity contribution is 6.42. The van der Waals surface area contributed by atoms with Crippen molar-refractivity contribution in [2.45, 2.75) is 6.54 Å².